The first kappa shape index (κ1) is 11.7. The summed E-state index contributed by atoms with van der Waals surface area (Å²) in [5, 5.41) is 3.48. The maximum Gasteiger partial charge on any atom is 0.0161 e. The van der Waals surface area contributed by atoms with Crippen LogP contribution in [0.15, 0.2) is 12.2 Å². The van der Waals surface area contributed by atoms with Gasteiger partial charge in [0.2, 0.25) is 0 Å². The van der Waals surface area contributed by atoms with Crippen LogP contribution in [0.25, 0.3) is 0 Å². The summed E-state index contributed by atoms with van der Waals surface area (Å²) in [6.07, 6.45) is 2.53. The predicted molar refractivity (Wildman–Crippen MR) is 56.4 cm³/mol. The van der Waals surface area contributed by atoms with Gasteiger partial charge in [-0.25, -0.2) is 0 Å². The molecule has 72 valence electrons. The molecule has 0 fully saturated rings. The molecule has 0 aliphatic heterocycles. The van der Waals surface area contributed by atoms with Gasteiger partial charge in [0, 0.05) is 12.6 Å². The Morgan fingerprint density at radius 2 is 1.83 bits per heavy atom. The van der Waals surface area contributed by atoms with Gasteiger partial charge in [0.25, 0.3) is 0 Å². The molecule has 1 atom stereocenters. The van der Waals surface area contributed by atoms with Crippen molar-refractivity contribution >= 4 is 0 Å². The molecular weight excluding hydrogens is 146 g/mol. The van der Waals surface area contributed by atoms with Crippen molar-refractivity contribution in [2.75, 3.05) is 6.54 Å². The fraction of sp³-hybridized carbons (Fsp3) is 0.818. The van der Waals surface area contributed by atoms with Crippen LogP contribution in [0.1, 0.15) is 40.5 Å². The minimum absolute atomic E-state index is 0.622. The van der Waals surface area contributed by atoms with Gasteiger partial charge in [-0.2, -0.15) is 0 Å². The summed E-state index contributed by atoms with van der Waals surface area (Å²) in [6, 6.07) is 0.622. The van der Waals surface area contributed by atoms with Crippen molar-refractivity contribution in [2.45, 2.75) is 46.6 Å². The Morgan fingerprint density at radius 1 is 1.33 bits per heavy atom. The monoisotopic (exact) mass is 169 g/mol. The highest BCUT2D eigenvalue weighted by atomic mass is 14.9. The Morgan fingerprint density at radius 3 is 2.17 bits per heavy atom. The molecule has 0 aliphatic rings. The van der Waals surface area contributed by atoms with Crippen LogP contribution in [-0.2, 0) is 0 Å². The molecule has 0 heterocycles. The lowest BCUT2D eigenvalue weighted by molar-refractivity contribution is 0.363. The molecule has 0 spiro atoms. The summed E-state index contributed by atoms with van der Waals surface area (Å²) in [4.78, 5) is 0. The first-order valence-electron chi connectivity index (χ1n) is 4.99. The summed E-state index contributed by atoms with van der Waals surface area (Å²) >= 11 is 0. The Bertz CT molecular complexity index is 125. The predicted octanol–water partition coefficient (Wildman–Crippen LogP) is 2.98. The molecule has 0 saturated heterocycles. The fourth-order valence-electron chi connectivity index (χ4n) is 1.50. The van der Waals surface area contributed by atoms with Crippen molar-refractivity contribution < 1.29 is 0 Å². The van der Waals surface area contributed by atoms with Gasteiger partial charge in [-0.15, -0.1) is 0 Å². The molecule has 0 aromatic heterocycles. The molecule has 0 rings (SSSR count). The summed E-state index contributed by atoms with van der Waals surface area (Å²) in [5.41, 5.74) is 1.22. The van der Waals surface area contributed by atoms with E-state index in [1.54, 1.807) is 0 Å². The second kappa shape index (κ2) is 6.24. The van der Waals surface area contributed by atoms with E-state index < -0.39 is 0 Å². The van der Waals surface area contributed by atoms with Crippen molar-refractivity contribution in [3.63, 3.8) is 0 Å². The first-order valence-corrected chi connectivity index (χ1v) is 4.99. The number of rotatable bonds is 6. The molecule has 0 amide bonds. The molecule has 1 N–H and O–H groups in total. The van der Waals surface area contributed by atoms with Crippen LogP contribution < -0.4 is 5.32 Å². The van der Waals surface area contributed by atoms with Gasteiger partial charge in [-0.1, -0.05) is 38.8 Å². The maximum absolute atomic E-state index is 3.88. The van der Waals surface area contributed by atoms with E-state index in [0.29, 0.717) is 6.04 Å². The van der Waals surface area contributed by atoms with E-state index in [1.165, 1.54) is 18.4 Å². The molecule has 1 nitrogen and oxygen atoms in total. The lowest BCUT2D eigenvalue weighted by Gasteiger charge is -2.22. The van der Waals surface area contributed by atoms with Crippen LogP contribution in [0.2, 0.25) is 0 Å². The van der Waals surface area contributed by atoms with Crippen molar-refractivity contribution in [3.8, 4) is 0 Å². The highest BCUT2D eigenvalue weighted by Crippen LogP contribution is 2.12. The Hall–Kier alpha value is -0.300. The summed E-state index contributed by atoms with van der Waals surface area (Å²) in [7, 11) is 0. The molecule has 0 aromatic rings. The third-order valence-corrected chi connectivity index (χ3v) is 2.48. The van der Waals surface area contributed by atoms with Gasteiger partial charge in [-0.3, -0.25) is 0 Å². The lowest BCUT2D eigenvalue weighted by atomic mass is 9.95. The summed E-state index contributed by atoms with van der Waals surface area (Å²) < 4.78 is 0. The Labute approximate surface area is 77.2 Å². The van der Waals surface area contributed by atoms with Gasteiger partial charge in [0.15, 0.2) is 0 Å². The average Bonchev–Trinajstić information content (AvgIpc) is 2.03. The van der Waals surface area contributed by atoms with Crippen LogP contribution in [-0.4, -0.2) is 12.6 Å². The summed E-state index contributed by atoms with van der Waals surface area (Å²) in [6.45, 7) is 13.7. The van der Waals surface area contributed by atoms with Gasteiger partial charge in [0.05, 0.1) is 0 Å². The zero-order chi connectivity index (χ0) is 9.56. The van der Waals surface area contributed by atoms with Crippen molar-refractivity contribution in [1.82, 2.24) is 5.32 Å². The van der Waals surface area contributed by atoms with E-state index >= 15 is 0 Å². The molecule has 0 aliphatic carbocycles. The standard InChI is InChI=1S/C11H23N/c1-6-11(7-2)10(5)12-8-9(3)4/h10-12H,3,6-8H2,1-2,4-5H3. The Balaban J connectivity index is 3.68. The second-order valence-corrected chi connectivity index (χ2v) is 3.70. The van der Waals surface area contributed by atoms with Gasteiger partial charge in [0.1, 0.15) is 0 Å². The van der Waals surface area contributed by atoms with Crippen molar-refractivity contribution in [3.05, 3.63) is 12.2 Å². The van der Waals surface area contributed by atoms with Crippen LogP contribution in [0.4, 0.5) is 0 Å². The van der Waals surface area contributed by atoms with E-state index in [0.717, 1.165) is 12.5 Å². The molecule has 1 unspecified atom stereocenters. The second-order valence-electron chi connectivity index (χ2n) is 3.70. The topological polar surface area (TPSA) is 12.0 Å². The smallest absolute Gasteiger partial charge is 0.0161 e. The SMILES string of the molecule is C=C(C)CNC(C)C(CC)CC. The molecular formula is C11H23N. The van der Waals surface area contributed by atoms with E-state index in [4.69, 9.17) is 0 Å². The molecule has 1 heteroatoms. The third-order valence-electron chi connectivity index (χ3n) is 2.48. The highest BCUT2D eigenvalue weighted by molar-refractivity contribution is 4.91. The Kier molecular flexibility index (Phi) is 6.09. The quantitative estimate of drug-likeness (QED) is 0.603. The maximum atomic E-state index is 3.88. The molecule has 0 saturated carbocycles. The average molecular weight is 169 g/mol. The van der Waals surface area contributed by atoms with E-state index in [1.807, 2.05) is 0 Å². The van der Waals surface area contributed by atoms with Crippen LogP contribution in [0.3, 0.4) is 0 Å². The fourth-order valence-corrected chi connectivity index (χ4v) is 1.50. The highest BCUT2D eigenvalue weighted by Gasteiger charge is 2.11. The molecule has 0 bridgehead atoms. The van der Waals surface area contributed by atoms with Crippen LogP contribution >= 0.6 is 0 Å². The molecule has 0 aromatic carbocycles. The number of hydrogen-bond donors (Lipinski definition) is 1. The van der Waals surface area contributed by atoms with Gasteiger partial charge < -0.3 is 5.32 Å². The van der Waals surface area contributed by atoms with Gasteiger partial charge >= 0.3 is 0 Å². The van der Waals surface area contributed by atoms with E-state index in [9.17, 15) is 0 Å². The summed E-state index contributed by atoms with van der Waals surface area (Å²) in [5.74, 6) is 0.810. The normalized spacial score (nSPS) is 13.4. The largest absolute Gasteiger partial charge is 0.310 e. The van der Waals surface area contributed by atoms with Crippen LogP contribution in [0, 0.1) is 5.92 Å². The zero-order valence-corrected chi connectivity index (χ0v) is 8.98. The van der Waals surface area contributed by atoms with E-state index in [2.05, 4.69) is 39.6 Å². The minimum Gasteiger partial charge on any atom is -0.310 e. The first-order chi connectivity index (χ1) is 5.61. The minimum atomic E-state index is 0.622. The van der Waals surface area contributed by atoms with Crippen LogP contribution in [0.5, 0.6) is 0 Å². The molecule has 0 radical (unpaired) electrons. The zero-order valence-electron chi connectivity index (χ0n) is 8.98. The third kappa shape index (κ3) is 4.55. The van der Waals surface area contributed by atoms with Crippen molar-refractivity contribution in [2.24, 2.45) is 5.92 Å². The van der Waals surface area contributed by atoms with Gasteiger partial charge in [-0.05, 0) is 19.8 Å². The van der Waals surface area contributed by atoms with E-state index in [-0.39, 0.29) is 0 Å². The molecule has 12 heavy (non-hydrogen) atoms. The van der Waals surface area contributed by atoms with Crippen molar-refractivity contribution in [1.29, 1.82) is 0 Å². The number of nitrogens with one attached hydrogen (secondary N) is 1. The lowest BCUT2D eigenvalue weighted by Crippen LogP contribution is -2.33. The number of hydrogen-bond acceptors (Lipinski definition) is 1.